The van der Waals surface area contributed by atoms with Gasteiger partial charge in [0.1, 0.15) is 34.0 Å². The Kier molecular flexibility index (Phi) is 12.6. The second-order valence-electron chi connectivity index (χ2n) is 15.3. The predicted molar refractivity (Wildman–Crippen MR) is 240 cm³/mol. The zero-order chi connectivity index (χ0) is 45.9. The van der Waals surface area contributed by atoms with Gasteiger partial charge in [-0.05, 0) is 39.6 Å². The topological polar surface area (TPSA) is 115 Å². The standard InChI is InChI=1S/C50H40F4N4O6S2/c1-65-45-41-44(56-47(51)57-45)58(33-55-41)46-43(64-66(59,60)50(52,53)54)42(63-49(37-26-14-5-15-27-37,38-28-16-6-17-29-38)39-30-18-7-19-31-39)40(62-46)32-61-48(34-20-8-2-9-21-34,35-22-10-3-11-23-35)36-24-12-4-13-25-36/h2-31,33,40,42-43,46H,32H2,1H3/t40-,42-,43-,46-/m1/s1. The summed E-state index contributed by atoms with van der Waals surface area (Å²) in [5, 5.41) is 0.122. The van der Waals surface area contributed by atoms with Gasteiger partial charge < -0.3 is 14.2 Å². The quantitative estimate of drug-likeness (QED) is 0.0187. The van der Waals surface area contributed by atoms with Crippen LogP contribution in [0.1, 0.15) is 39.6 Å². The highest BCUT2D eigenvalue weighted by atomic mass is 32.2. The third-order valence-electron chi connectivity index (χ3n) is 11.5. The number of halogens is 4. The fraction of sp³-hybridized carbons (Fsp3) is 0.180. The first-order valence-corrected chi connectivity index (χ1v) is 23.3. The molecule has 0 spiro atoms. The Morgan fingerprint density at radius 1 is 0.621 bits per heavy atom. The number of rotatable bonds is 15. The van der Waals surface area contributed by atoms with E-state index < -0.39 is 64.1 Å². The van der Waals surface area contributed by atoms with Crippen molar-refractivity contribution < 1.29 is 44.4 Å². The highest BCUT2D eigenvalue weighted by molar-refractivity contribution is 7.98. The maximum Gasteiger partial charge on any atom is 0.523 e. The average Bonchev–Trinajstić information content (AvgIpc) is 3.92. The first kappa shape index (κ1) is 44.9. The van der Waals surface area contributed by atoms with Crippen LogP contribution in [0.3, 0.4) is 0 Å². The monoisotopic (exact) mass is 932 g/mol. The van der Waals surface area contributed by atoms with E-state index in [0.29, 0.717) is 33.4 Å². The molecular weight excluding hydrogens is 893 g/mol. The largest absolute Gasteiger partial charge is 0.523 e. The van der Waals surface area contributed by atoms with Gasteiger partial charge in [0.25, 0.3) is 0 Å². The number of hydrogen-bond donors (Lipinski definition) is 0. The van der Waals surface area contributed by atoms with E-state index in [1.807, 2.05) is 109 Å². The lowest BCUT2D eigenvalue weighted by atomic mass is 9.79. The number of imidazole rings is 1. The molecule has 4 atom stereocenters. The van der Waals surface area contributed by atoms with Gasteiger partial charge in [0.15, 0.2) is 18.0 Å². The van der Waals surface area contributed by atoms with E-state index in [4.69, 9.17) is 18.4 Å². The molecule has 0 radical (unpaired) electrons. The highest BCUT2D eigenvalue weighted by Crippen LogP contribution is 2.48. The van der Waals surface area contributed by atoms with Crippen LogP contribution in [0.5, 0.6) is 0 Å². The van der Waals surface area contributed by atoms with E-state index in [9.17, 15) is 21.6 Å². The van der Waals surface area contributed by atoms with Crippen LogP contribution < -0.4 is 0 Å². The molecule has 0 aliphatic carbocycles. The predicted octanol–water partition coefficient (Wildman–Crippen LogP) is 10.2. The molecule has 66 heavy (non-hydrogen) atoms. The van der Waals surface area contributed by atoms with E-state index in [1.54, 1.807) is 79.1 Å². The molecule has 3 heterocycles. The number of fused-ring (bicyclic) bond motifs is 1. The van der Waals surface area contributed by atoms with Gasteiger partial charge in [-0.1, -0.05) is 182 Å². The Morgan fingerprint density at radius 3 is 1.42 bits per heavy atom. The molecule has 1 fully saturated rings. The van der Waals surface area contributed by atoms with Crippen molar-refractivity contribution in [2.24, 2.45) is 0 Å². The number of benzene rings is 6. The van der Waals surface area contributed by atoms with Crippen molar-refractivity contribution in [3.8, 4) is 0 Å². The second-order valence-corrected chi connectivity index (χ2v) is 17.7. The van der Waals surface area contributed by atoms with Gasteiger partial charge in [-0.25, -0.2) is 4.98 Å². The van der Waals surface area contributed by atoms with Crippen molar-refractivity contribution in [1.82, 2.24) is 19.5 Å². The Labute approximate surface area is 382 Å². The first-order chi connectivity index (χ1) is 32.0. The van der Waals surface area contributed by atoms with E-state index in [0.717, 1.165) is 16.3 Å². The molecule has 1 aliphatic rings. The number of alkyl halides is 3. The maximum absolute atomic E-state index is 15.2. The summed E-state index contributed by atoms with van der Waals surface area (Å²) in [6.07, 6.45) is -5.45. The summed E-state index contributed by atoms with van der Waals surface area (Å²) in [7, 11) is -6.40. The van der Waals surface area contributed by atoms with Crippen molar-refractivity contribution in [2.75, 3.05) is 12.9 Å². The van der Waals surface area contributed by atoms with E-state index in [1.165, 1.54) is 6.33 Å². The van der Waals surface area contributed by atoms with Crippen LogP contribution in [-0.4, -0.2) is 64.6 Å². The second kappa shape index (κ2) is 18.5. The smallest absolute Gasteiger partial charge is 0.358 e. The molecule has 0 bridgehead atoms. The molecule has 2 aromatic heterocycles. The lowest BCUT2D eigenvalue weighted by Gasteiger charge is -2.41. The molecule has 10 nitrogen and oxygen atoms in total. The van der Waals surface area contributed by atoms with Gasteiger partial charge >= 0.3 is 21.7 Å². The van der Waals surface area contributed by atoms with E-state index in [2.05, 4.69) is 15.0 Å². The minimum atomic E-state index is -6.40. The van der Waals surface area contributed by atoms with Gasteiger partial charge in [-0.3, -0.25) is 8.75 Å². The van der Waals surface area contributed by atoms with Crippen LogP contribution in [0, 0.1) is 6.08 Å². The number of nitrogens with zero attached hydrogens (tertiary/aromatic N) is 4. The molecule has 336 valence electrons. The zero-order valence-corrected chi connectivity index (χ0v) is 36.6. The van der Waals surface area contributed by atoms with E-state index in [-0.39, 0.29) is 16.2 Å². The third kappa shape index (κ3) is 8.29. The molecule has 1 aliphatic heterocycles. The van der Waals surface area contributed by atoms with Gasteiger partial charge in [0.2, 0.25) is 0 Å². The lowest BCUT2D eigenvalue weighted by molar-refractivity contribution is -0.131. The fourth-order valence-electron chi connectivity index (χ4n) is 8.61. The molecule has 0 saturated carbocycles. The number of thioether (sulfide) groups is 1. The van der Waals surface area contributed by atoms with Crippen LogP contribution in [-0.2, 0) is 39.7 Å². The van der Waals surface area contributed by atoms with Crippen molar-refractivity contribution >= 4 is 33.0 Å². The summed E-state index contributed by atoms with van der Waals surface area (Å²) in [5.41, 5.74) is -5.30. The first-order valence-electron chi connectivity index (χ1n) is 20.7. The molecule has 16 heteroatoms. The van der Waals surface area contributed by atoms with Crippen molar-refractivity contribution in [3.63, 3.8) is 0 Å². The summed E-state index contributed by atoms with van der Waals surface area (Å²) < 4.78 is 114. The maximum atomic E-state index is 15.2. The van der Waals surface area contributed by atoms with Crippen molar-refractivity contribution in [1.29, 1.82) is 0 Å². The van der Waals surface area contributed by atoms with Gasteiger partial charge in [0.05, 0.1) is 12.9 Å². The summed E-state index contributed by atoms with van der Waals surface area (Å²) in [6.45, 7) is -0.438. The lowest BCUT2D eigenvalue weighted by Crippen LogP contribution is -2.48. The fourth-order valence-corrected chi connectivity index (χ4v) is 9.72. The molecule has 0 unspecified atom stereocenters. The summed E-state index contributed by atoms with van der Waals surface area (Å²) in [4.78, 5) is 12.2. The number of hydrogen-bond acceptors (Lipinski definition) is 10. The minimum Gasteiger partial charge on any atom is -0.358 e. The Morgan fingerprint density at radius 2 is 1.03 bits per heavy atom. The van der Waals surface area contributed by atoms with E-state index >= 15 is 4.39 Å². The number of aromatic nitrogens is 4. The Bertz CT molecular complexity index is 2800. The van der Waals surface area contributed by atoms with Crippen LogP contribution in [0.15, 0.2) is 193 Å². The van der Waals surface area contributed by atoms with Gasteiger partial charge in [-0.2, -0.15) is 35.9 Å². The molecule has 9 rings (SSSR count). The number of ether oxygens (including phenoxy) is 3. The van der Waals surface area contributed by atoms with Gasteiger partial charge in [-0.15, -0.1) is 11.8 Å². The molecule has 0 amide bonds. The SMILES string of the molecule is CSc1nc(F)nc2c1ncn2[C@@H]1O[C@H](COC(c2ccccc2)(c2ccccc2)c2ccccc2)[C@@H](OC(c2ccccc2)(c2ccccc2)c2ccccc2)[C@H]1OS(=O)(=O)C(F)(F)F. The van der Waals surface area contributed by atoms with Crippen molar-refractivity contribution in [2.45, 2.75) is 46.3 Å². The minimum absolute atomic E-state index is 0.0885. The van der Waals surface area contributed by atoms with Crippen LogP contribution in [0.25, 0.3) is 11.2 Å². The Balaban J connectivity index is 1.30. The summed E-state index contributed by atoms with van der Waals surface area (Å²) in [6, 6.07) is 55.1. The van der Waals surface area contributed by atoms with Crippen LogP contribution in [0.4, 0.5) is 17.6 Å². The Hall–Kier alpha value is -6.27. The highest BCUT2D eigenvalue weighted by Gasteiger charge is 2.58. The zero-order valence-electron chi connectivity index (χ0n) is 35.0. The molecule has 6 aromatic carbocycles. The molecule has 1 saturated heterocycles. The van der Waals surface area contributed by atoms with Gasteiger partial charge in [0, 0.05) is 0 Å². The molecule has 0 N–H and O–H groups in total. The summed E-state index contributed by atoms with van der Waals surface area (Å²) >= 11 is 1.06. The van der Waals surface area contributed by atoms with Crippen LogP contribution in [0.2, 0.25) is 0 Å². The van der Waals surface area contributed by atoms with Crippen LogP contribution >= 0.6 is 11.8 Å². The molecule has 8 aromatic rings. The van der Waals surface area contributed by atoms with Crippen molar-refractivity contribution in [3.05, 3.63) is 228 Å². The summed E-state index contributed by atoms with van der Waals surface area (Å²) in [5.74, 6) is 0. The molecular formula is C50H40F4N4O6S2. The average molecular weight is 933 g/mol. The third-order valence-corrected chi connectivity index (χ3v) is 13.2. The normalized spacial score (nSPS) is 18.1.